The van der Waals surface area contributed by atoms with Gasteiger partial charge in [-0.1, -0.05) is 149 Å². The molecule has 0 bridgehead atoms. The van der Waals surface area contributed by atoms with Crippen LogP contribution in [0.15, 0.2) is 152 Å². The first-order valence-corrected chi connectivity index (χ1v) is 20.9. The van der Waals surface area contributed by atoms with Gasteiger partial charge in [0.25, 0.3) is 0 Å². The molecule has 7 aromatic rings. The van der Waals surface area contributed by atoms with E-state index in [-0.39, 0.29) is 10.8 Å². The van der Waals surface area contributed by atoms with Crippen molar-refractivity contribution in [2.45, 2.75) is 82.5 Å². The van der Waals surface area contributed by atoms with E-state index >= 15 is 0 Å². The van der Waals surface area contributed by atoms with Gasteiger partial charge in [-0.25, -0.2) is 0 Å². The lowest BCUT2D eigenvalue weighted by Crippen LogP contribution is -2.33. The Labute approximate surface area is 332 Å². The number of hydrogen-bond donors (Lipinski definition) is 0. The molecule has 0 atom stereocenters. The lowest BCUT2D eigenvalue weighted by molar-refractivity contribution is 0.332. The summed E-state index contributed by atoms with van der Waals surface area (Å²) in [4.78, 5) is 2.62. The zero-order valence-electron chi connectivity index (χ0n) is 33.1. The minimum Gasteiger partial charge on any atom is -0.310 e. The van der Waals surface area contributed by atoms with Crippen molar-refractivity contribution < 1.29 is 0 Å². The Bertz CT molecular complexity index is 2660. The number of nitrogens with zero attached hydrogens (tertiary/aromatic N) is 1. The first kappa shape index (κ1) is 33.7. The molecule has 274 valence electrons. The molecule has 0 saturated carbocycles. The third-order valence-electron chi connectivity index (χ3n) is 14.1. The number of aryl methyl sites for hydroxylation is 1. The molecule has 0 unspecified atom stereocenters. The average molecular weight is 724 g/mol. The van der Waals surface area contributed by atoms with Crippen molar-refractivity contribution in [3.8, 4) is 33.4 Å². The molecule has 11 rings (SSSR count). The molecule has 7 aromatic carbocycles. The topological polar surface area (TPSA) is 3.24 Å². The van der Waals surface area contributed by atoms with Gasteiger partial charge in [0, 0.05) is 16.9 Å². The van der Waals surface area contributed by atoms with Crippen LogP contribution >= 0.6 is 0 Å². The van der Waals surface area contributed by atoms with Crippen LogP contribution < -0.4 is 4.90 Å². The molecule has 0 fully saturated rings. The highest BCUT2D eigenvalue weighted by Crippen LogP contribution is 2.64. The van der Waals surface area contributed by atoms with E-state index in [0.717, 1.165) is 12.8 Å². The molecular formula is C55H49N. The van der Waals surface area contributed by atoms with Gasteiger partial charge in [0.1, 0.15) is 0 Å². The Balaban J connectivity index is 1.28. The highest BCUT2D eigenvalue weighted by Gasteiger charge is 2.52. The maximum Gasteiger partial charge on any atom is 0.0726 e. The van der Waals surface area contributed by atoms with E-state index in [2.05, 4.69) is 184 Å². The van der Waals surface area contributed by atoms with Crippen molar-refractivity contribution in [2.24, 2.45) is 0 Å². The van der Waals surface area contributed by atoms with Crippen LogP contribution in [-0.4, -0.2) is 0 Å². The molecule has 0 aliphatic heterocycles. The summed E-state index contributed by atoms with van der Waals surface area (Å²) in [7, 11) is 0. The Morgan fingerprint density at radius 1 is 0.411 bits per heavy atom. The summed E-state index contributed by atoms with van der Waals surface area (Å²) >= 11 is 0. The predicted octanol–water partition coefficient (Wildman–Crippen LogP) is 14.4. The quantitative estimate of drug-likeness (QED) is 0.175. The van der Waals surface area contributed by atoms with Crippen LogP contribution in [0.1, 0.15) is 97.9 Å². The highest BCUT2D eigenvalue weighted by atomic mass is 15.1. The molecular weight excluding hydrogens is 675 g/mol. The number of rotatable bonds is 4. The molecule has 4 aliphatic rings. The van der Waals surface area contributed by atoms with Crippen molar-refractivity contribution in [3.63, 3.8) is 0 Å². The fourth-order valence-electron chi connectivity index (χ4n) is 11.3. The fourth-order valence-corrected chi connectivity index (χ4v) is 11.3. The maximum absolute atomic E-state index is 2.62. The minimum atomic E-state index is -0.424. The van der Waals surface area contributed by atoms with Crippen LogP contribution in [0.5, 0.6) is 0 Å². The first-order valence-electron chi connectivity index (χ1n) is 20.9. The molecule has 0 radical (unpaired) electrons. The second kappa shape index (κ2) is 12.2. The zero-order valence-corrected chi connectivity index (χ0v) is 33.1. The van der Waals surface area contributed by atoms with Crippen LogP contribution in [-0.2, 0) is 29.1 Å². The SMILES string of the molecule is CC1(C)CCC(C)(C)c2cc(-c3cc4c(cc3N(c3ccccc3)c3cccc5c3CCCC5)C3(c5ccccc5-c5ccccc53)c3ccccc3-4)ccc21. The Morgan fingerprint density at radius 2 is 1.00 bits per heavy atom. The van der Waals surface area contributed by atoms with Crippen molar-refractivity contribution in [2.75, 3.05) is 4.90 Å². The standard InChI is InChI=1S/C55H49N/c1-53(2)31-32-54(3,4)50-33-37(29-30-48(50)53)43-34-44-42-24-12-15-27-47(42)55(45-25-13-10-22-40(45)41-23-11-14-26-46(41)55)49(44)35-52(43)56(38-19-6-5-7-20-38)51-28-16-18-36-17-8-9-21-39(36)51/h5-7,10-16,18-20,22-30,33-35H,8-9,17,21,31-32H2,1-4H3. The van der Waals surface area contributed by atoms with Crippen molar-refractivity contribution >= 4 is 17.1 Å². The first-order chi connectivity index (χ1) is 27.3. The number of hydrogen-bond acceptors (Lipinski definition) is 1. The van der Waals surface area contributed by atoms with E-state index in [1.807, 2.05) is 0 Å². The Hall–Kier alpha value is -5.66. The second-order valence-corrected chi connectivity index (χ2v) is 18.1. The van der Waals surface area contributed by atoms with Gasteiger partial charge in [-0.05, 0) is 152 Å². The minimum absolute atomic E-state index is 0.100. The molecule has 1 nitrogen and oxygen atoms in total. The summed E-state index contributed by atoms with van der Waals surface area (Å²) < 4.78 is 0. The van der Waals surface area contributed by atoms with Gasteiger partial charge >= 0.3 is 0 Å². The number of para-hydroxylation sites is 1. The zero-order chi connectivity index (χ0) is 37.8. The number of anilines is 3. The normalized spacial score (nSPS) is 17.3. The van der Waals surface area contributed by atoms with E-state index in [4.69, 9.17) is 0 Å². The van der Waals surface area contributed by atoms with Gasteiger partial charge in [0.05, 0.1) is 11.1 Å². The third-order valence-corrected chi connectivity index (χ3v) is 14.1. The Morgan fingerprint density at radius 3 is 1.68 bits per heavy atom. The van der Waals surface area contributed by atoms with Gasteiger partial charge in [-0.15, -0.1) is 0 Å². The summed E-state index contributed by atoms with van der Waals surface area (Å²) in [5.74, 6) is 0. The number of fused-ring (bicyclic) bond motifs is 12. The van der Waals surface area contributed by atoms with E-state index in [9.17, 15) is 0 Å². The Kier molecular flexibility index (Phi) is 7.31. The van der Waals surface area contributed by atoms with E-state index < -0.39 is 5.41 Å². The van der Waals surface area contributed by atoms with Crippen LogP contribution in [0.4, 0.5) is 17.1 Å². The van der Waals surface area contributed by atoms with Gasteiger partial charge in [0.2, 0.25) is 0 Å². The van der Waals surface area contributed by atoms with Crippen LogP contribution in [0.25, 0.3) is 33.4 Å². The molecule has 1 heteroatoms. The molecule has 0 amide bonds. The average Bonchev–Trinajstić information content (AvgIpc) is 3.70. The lowest BCUT2D eigenvalue weighted by Gasteiger charge is -2.42. The van der Waals surface area contributed by atoms with Crippen LogP contribution in [0, 0.1) is 0 Å². The molecule has 1 spiro atoms. The van der Waals surface area contributed by atoms with Gasteiger partial charge in [0.15, 0.2) is 0 Å². The summed E-state index contributed by atoms with van der Waals surface area (Å²) in [5, 5.41) is 0. The number of benzene rings is 7. The van der Waals surface area contributed by atoms with E-state index in [1.54, 1.807) is 0 Å². The fraction of sp³-hybridized carbons (Fsp3) is 0.236. The van der Waals surface area contributed by atoms with E-state index in [0.29, 0.717) is 0 Å². The smallest absolute Gasteiger partial charge is 0.0726 e. The van der Waals surface area contributed by atoms with Crippen molar-refractivity contribution in [1.82, 2.24) is 0 Å². The molecule has 56 heavy (non-hydrogen) atoms. The summed E-state index contributed by atoms with van der Waals surface area (Å²) in [6.45, 7) is 9.78. The molecule has 0 N–H and O–H groups in total. The lowest BCUT2D eigenvalue weighted by atomic mass is 9.63. The maximum atomic E-state index is 2.62. The highest BCUT2D eigenvalue weighted by molar-refractivity contribution is 6.00. The molecule has 0 aromatic heterocycles. The van der Waals surface area contributed by atoms with Gasteiger partial charge in [-0.3, -0.25) is 0 Å². The second-order valence-electron chi connectivity index (χ2n) is 18.1. The largest absolute Gasteiger partial charge is 0.310 e. The molecule has 0 heterocycles. The van der Waals surface area contributed by atoms with Crippen LogP contribution in [0.3, 0.4) is 0 Å². The van der Waals surface area contributed by atoms with E-state index in [1.165, 1.54) is 121 Å². The summed E-state index contributed by atoms with van der Waals surface area (Å²) in [6, 6.07) is 58.5. The van der Waals surface area contributed by atoms with Gasteiger partial charge in [-0.2, -0.15) is 0 Å². The summed E-state index contributed by atoms with van der Waals surface area (Å²) in [6.07, 6.45) is 7.13. The third kappa shape index (κ3) is 4.67. The molecule has 4 aliphatic carbocycles. The predicted molar refractivity (Wildman–Crippen MR) is 235 cm³/mol. The van der Waals surface area contributed by atoms with Crippen molar-refractivity contribution in [1.29, 1.82) is 0 Å². The van der Waals surface area contributed by atoms with Gasteiger partial charge < -0.3 is 4.90 Å². The molecule has 0 saturated heterocycles. The van der Waals surface area contributed by atoms with Crippen LogP contribution in [0.2, 0.25) is 0 Å². The summed E-state index contributed by atoms with van der Waals surface area (Å²) in [5.41, 5.74) is 23.0. The monoisotopic (exact) mass is 723 g/mol. The van der Waals surface area contributed by atoms with Crippen molar-refractivity contribution in [3.05, 3.63) is 196 Å².